The van der Waals surface area contributed by atoms with Crippen LogP contribution in [0.2, 0.25) is 5.02 Å². The van der Waals surface area contributed by atoms with Crippen LogP contribution in [0.25, 0.3) is 11.1 Å². The molecule has 2 fully saturated rings. The Hall–Kier alpha value is -4.87. The Kier molecular flexibility index (Phi) is 14.6. The first-order valence-corrected chi connectivity index (χ1v) is 23.7. The van der Waals surface area contributed by atoms with Crippen LogP contribution >= 0.6 is 11.6 Å². The lowest BCUT2D eigenvalue weighted by Crippen LogP contribution is -2.44. The summed E-state index contributed by atoms with van der Waals surface area (Å²) in [6.07, 6.45) is 19.9. The molecule has 1 unspecified atom stereocenters. The second-order valence-electron chi connectivity index (χ2n) is 17.7. The third-order valence-electron chi connectivity index (χ3n) is 13.8. The number of halogens is 1. The van der Waals surface area contributed by atoms with E-state index in [1.807, 2.05) is 78.9 Å². The molecule has 8 rings (SSSR count). The third kappa shape index (κ3) is 9.94. The van der Waals surface area contributed by atoms with Gasteiger partial charge >= 0.3 is 12.1 Å². The molecule has 0 radical (unpaired) electrons. The van der Waals surface area contributed by atoms with Gasteiger partial charge in [-0.25, -0.2) is 4.79 Å². The van der Waals surface area contributed by atoms with Crippen molar-refractivity contribution in [2.24, 2.45) is 5.92 Å². The van der Waals surface area contributed by atoms with E-state index in [-0.39, 0.29) is 18.5 Å². The fraction of sp³-hybridized carbons (Fsp3) is 0.418. The molecule has 3 aliphatic rings. The fourth-order valence-corrected chi connectivity index (χ4v) is 10.8. The lowest BCUT2D eigenvalue weighted by Gasteiger charge is -2.37. The van der Waals surface area contributed by atoms with E-state index in [1.54, 1.807) is 0 Å². The van der Waals surface area contributed by atoms with Gasteiger partial charge < -0.3 is 14.8 Å². The molecule has 0 aliphatic heterocycles. The van der Waals surface area contributed by atoms with E-state index in [0.29, 0.717) is 29.3 Å². The van der Waals surface area contributed by atoms with Gasteiger partial charge in [-0.3, -0.25) is 4.79 Å². The van der Waals surface area contributed by atoms with Crippen molar-refractivity contribution in [1.29, 1.82) is 0 Å². The normalized spacial score (nSPS) is 20.3. The lowest BCUT2D eigenvalue weighted by molar-refractivity contribution is -0.159. The number of esters is 1. The first-order chi connectivity index (χ1) is 30.0. The molecule has 5 aromatic rings. The maximum Gasteiger partial charge on any atom is 0.407 e. The Labute approximate surface area is 368 Å². The summed E-state index contributed by atoms with van der Waals surface area (Å²) in [4.78, 5) is 28.4. The molecule has 5 nitrogen and oxygen atoms in total. The van der Waals surface area contributed by atoms with Gasteiger partial charge in [0.15, 0.2) is 5.60 Å². The highest BCUT2D eigenvalue weighted by Gasteiger charge is 2.46. The van der Waals surface area contributed by atoms with Crippen molar-refractivity contribution in [2.45, 2.75) is 133 Å². The number of alkyl carbamates (subject to hydrolysis) is 1. The molecule has 1 N–H and O–H groups in total. The van der Waals surface area contributed by atoms with Gasteiger partial charge in [0.05, 0.1) is 5.92 Å². The predicted molar refractivity (Wildman–Crippen MR) is 247 cm³/mol. The number of carbonyl (C=O) groups excluding carboxylic acids is 2. The van der Waals surface area contributed by atoms with E-state index in [0.717, 1.165) is 28.7 Å². The number of nitrogens with one attached hydrogen (secondary N) is 1. The summed E-state index contributed by atoms with van der Waals surface area (Å²) < 4.78 is 12.9. The summed E-state index contributed by atoms with van der Waals surface area (Å²) in [6.45, 7) is 0.210. The highest BCUT2D eigenvalue weighted by Crippen LogP contribution is 2.47. The van der Waals surface area contributed by atoms with E-state index in [2.05, 4.69) is 53.8 Å². The number of carbonyl (C=O) groups is 2. The van der Waals surface area contributed by atoms with Crippen LogP contribution in [0.3, 0.4) is 0 Å². The number of hydrogen-bond acceptors (Lipinski definition) is 4. The average Bonchev–Trinajstić information content (AvgIpc) is 3.89. The van der Waals surface area contributed by atoms with Crippen molar-refractivity contribution in [1.82, 2.24) is 5.32 Å². The van der Waals surface area contributed by atoms with Gasteiger partial charge in [-0.05, 0) is 65.5 Å². The van der Waals surface area contributed by atoms with Crippen molar-refractivity contribution in [2.75, 3.05) is 6.61 Å². The predicted octanol–water partition coefficient (Wildman–Crippen LogP) is 14.4. The van der Waals surface area contributed by atoms with Crippen molar-refractivity contribution < 1.29 is 19.1 Å². The minimum absolute atomic E-state index is 0.0508. The molecule has 61 heavy (non-hydrogen) atoms. The van der Waals surface area contributed by atoms with Gasteiger partial charge in [0.25, 0.3) is 0 Å². The second-order valence-corrected chi connectivity index (χ2v) is 18.1. The Bertz CT molecular complexity index is 2140. The highest BCUT2D eigenvalue weighted by molar-refractivity contribution is 6.31. The zero-order valence-electron chi connectivity index (χ0n) is 35.7. The van der Waals surface area contributed by atoms with Gasteiger partial charge in [0, 0.05) is 33.7 Å². The van der Waals surface area contributed by atoms with Crippen molar-refractivity contribution in [3.05, 3.63) is 166 Å². The summed E-state index contributed by atoms with van der Waals surface area (Å²) in [5, 5.41) is 3.61. The van der Waals surface area contributed by atoms with E-state index >= 15 is 0 Å². The van der Waals surface area contributed by atoms with Crippen LogP contribution in [-0.4, -0.2) is 24.7 Å². The second kappa shape index (κ2) is 20.8. The van der Waals surface area contributed by atoms with Crippen LogP contribution in [0, 0.1) is 5.92 Å². The van der Waals surface area contributed by atoms with E-state index in [4.69, 9.17) is 21.1 Å². The first-order valence-electron chi connectivity index (χ1n) is 23.3. The van der Waals surface area contributed by atoms with Crippen LogP contribution in [0.1, 0.15) is 154 Å². The first kappa shape index (κ1) is 42.8. The molecular weight excluding hydrogens is 774 g/mol. The highest BCUT2D eigenvalue weighted by atomic mass is 35.5. The fourth-order valence-electron chi connectivity index (χ4n) is 10.5. The molecular formula is C55H62ClNO4. The van der Waals surface area contributed by atoms with Crippen LogP contribution in [0.4, 0.5) is 4.79 Å². The minimum atomic E-state index is -1.33. The molecule has 2 saturated carbocycles. The number of fused-ring (bicyclic) bond motifs is 3. The molecule has 0 saturated heterocycles. The van der Waals surface area contributed by atoms with Crippen molar-refractivity contribution >= 4 is 23.7 Å². The zero-order chi connectivity index (χ0) is 41.9. The molecule has 5 aromatic carbocycles. The molecule has 1 amide bonds. The maximum atomic E-state index is 14.8. The van der Waals surface area contributed by atoms with Crippen LogP contribution in [-0.2, 0) is 19.9 Å². The SMILES string of the molecule is O=C(N[C@@H]1CCC[C@H]1C(=O)OC(c1ccccc1)(c1ccc(C2CCCCCCCCCCCCCC2)cc1)c1ccccc1Cl)OCC1c2ccccc2-c2ccccc21. The Morgan fingerprint density at radius 3 is 1.69 bits per heavy atom. The smallest absolute Gasteiger partial charge is 0.407 e. The molecule has 0 spiro atoms. The molecule has 0 heterocycles. The molecule has 6 heteroatoms. The topological polar surface area (TPSA) is 64.6 Å². The number of ether oxygens (including phenoxy) is 2. The van der Waals surface area contributed by atoms with E-state index in [1.165, 1.54) is 107 Å². The summed E-state index contributed by atoms with van der Waals surface area (Å²) in [5.74, 6) is -0.475. The molecule has 318 valence electrons. The molecule has 3 aliphatic carbocycles. The molecule has 0 bridgehead atoms. The van der Waals surface area contributed by atoms with Gasteiger partial charge in [-0.2, -0.15) is 0 Å². The Morgan fingerprint density at radius 1 is 0.557 bits per heavy atom. The monoisotopic (exact) mass is 835 g/mol. The van der Waals surface area contributed by atoms with Crippen molar-refractivity contribution in [3.8, 4) is 11.1 Å². The largest absolute Gasteiger partial charge is 0.449 e. The lowest BCUT2D eigenvalue weighted by atomic mass is 9.78. The van der Waals surface area contributed by atoms with Gasteiger partial charge in [0.2, 0.25) is 0 Å². The standard InChI is InChI=1S/C55H62ClNO4/c56-51-33-21-20-32-50(51)55(42-25-14-11-15-26-42,43-37-35-41(36-38-43)40-23-12-9-7-5-3-1-2-4-6-8-10-13-24-40)61-53(58)48-31-22-34-52(48)57-54(59)60-39-49-46-29-18-16-27-44(46)45-28-17-19-30-47(45)49/h11,14-21,25-30,32-33,35-38,40,48-49,52H,1-10,12-13,22-24,31,34,39H2,(H,57,59)/t48-,52-,55?/m1/s1. The van der Waals surface area contributed by atoms with Crippen LogP contribution < -0.4 is 5.32 Å². The number of hydrogen-bond donors (Lipinski definition) is 1. The Morgan fingerprint density at radius 2 is 1.08 bits per heavy atom. The quantitative estimate of drug-likeness (QED) is 0.119. The third-order valence-corrected chi connectivity index (χ3v) is 14.1. The number of amides is 1. The minimum Gasteiger partial charge on any atom is -0.449 e. The van der Waals surface area contributed by atoms with Gasteiger partial charge in [0.1, 0.15) is 6.61 Å². The number of benzene rings is 5. The summed E-state index contributed by atoms with van der Waals surface area (Å²) in [5.41, 5.74) is 7.07. The molecule has 3 atom stereocenters. The molecule has 0 aromatic heterocycles. The summed E-state index contributed by atoms with van der Waals surface area (Å²) >= 11 is 7.11. The zero-order valence-corrected chi connectivity index (χ0v) is 36.4. The van der Waals surface area contributed by atoms with Crippen LogP contribution in [0.5, 0.6) is 0 Å². The van der Waals surface area contributed by atoms with E-state index < -0.39 is 23.7 Å². The Balaban J connectivity index is 1.03. The van der Waals surface area contributed by atoms with E-state index in [9.17, 15) is 9.59 Å². The summed E-state index contributed by atoms with van der Waals surface area (Å²) in [6, 6.07) is 42.8. The average molecular weight is 837 g/mol. The summed E-state index contributed by atoms with van der Waals surface area (Å²) in [7, 11) is 0. The van der Waals surface area contributed by atoms with Gasteiger partial charge in [-0.1, -0.05) is 216 Å². The van der Waals surface area contributed by atoms with Crippen molar-refractivity contribution in [3.63, 3.8) is 0 Å². The van der Waals surface area contributed by atoms with Crippen LogP contribution in [0.15, 0.2) is 127 Å². The van der Waals surface area contributed by atoms with Gasteiger partial charge in [-0.15, -0.1) is 0 Å². The number of rotatable bonds is 9. The maximum absolute atomic E-state index is 14.8.